The van der Waals surface area contributed by atoms with E-state index in [-0.39, 0.29) is 30.6 Å². The first-order valence-electron chi connectivity index (χ1n) is 8.33. The molecule has 0 atom stereocenters. The van der Waals surface area contributed by atoms with E-state index in [1.54, 1.807) is 6.07 Å². The summed E-state index contributed by atoms with van der Waals surface area (Å²) in [6, 6.07) is 15.1. The Morgan fingerprint density at radius 2 is 1.89 bits per heavy atom. The number of carbonyl (C=O) groups excluding carboxylic acids is 1. The van der Waals surface area contributed by atoms with E-state index in [0.717, 1.165) is 17.7 Å². The van der Waals surface area contributed by atoms with Gasteiger partial charge in [-0.15, -0.1) is 24.0 Å². The molecule has 8 heteroatoms. The third-order valence-corrected chi connectivity index (χ3v) is 3.67. The van der Waals surface area contributed by atoms with Crippen LogP contribution in [0.3, 0.4) is 0 Å². The van der Waals surface area contributed by atoms with Crippen molar-refractivity contribution in [2.75, 3.05) is 13.2 Å². The monoisotopic (exact) mass is 502 g/mol. The summed E-state index contributed by atoms with van der Waals surface area (Å²) in [7, 11) is 0. The Hall–Kier alpha value is -2.00. The van der Waals surface area contributed by atoms with Crippen molar-refractivity contribution in [2.45, 2.75) is 20.0 Å². The third-order valence-electron chi connectivity index (χ3n) is 3.42. The van der Waals surface area contributed by atoms with Crippen LogP contribution in [0.25, 0.3) is 0 Å². The summed E-state index contributed by atoms with van der Waals surface area (Å²) in [6.07, 6.45) is 0. The highest BCUT2D eigenvalue weighted by molar-refractivity contribution is 14.0. The lowest BCUT2D eigenvalue weighted by Crippen LogP contribution is -2.36. The van der Waals surface area contributed by atoms with Crippen LogP contribution >= 0.6 is 35.6 Å². The van der Waals surface area contributed by atoms with Gasteiger partial charge in [0.1, 0.15) is 5.75 Å². The highest BCUT2D eigenvalue weighted by atomic mass is 127. The lowest BCUT2D eigenvalue weighted by atomic mass is 10.2. The number of carbonyl (C=O) groups is 1. The van der Waals surface area contributed by atoms with Crippen molar-refractivity contribution >= 4 is 47.4 Å². The summed E-state index contributed by atoms with van der Waals surface area (Å²) in [5.74, 6) is 0.802. The number of nitrogens with zero attached hydrogens (tertiary/aromatic N) is 1. The molecule has 2 aromatic carbocycles. The zero-order valence-electron chi connectivity index (χ0n) is 15.1. The molecule has 4 N–H and O–H groups in total. The molecule has 2 aromatic rings. The SMILES string of the molecule is CCNC(=NCc1cccc(OCC(N)=O)c1)NCc1ccc(Cl)cc1.I. The lowest BCUT2D eigenvalue weighted by molar-refractivity contribution is -0.119. The van der Waals surface area contributed by atoms with Gasteiger partial charge in [-0.2, -0.15) is 0 Å². The second-order valence-electron chi connectivity index (χ2n) is 5.58. The number of halogens is 2. The molecule has 0 aliphatic rings. The predicted octanol–water partition coefficient (Wildman–Crippen LogP) is 3.08. The molecule has 0 aliphatic carbocycles. The van der Waals surface area contributed by atoms with Gasteiger partial charge in [0.2, 0.25) is 0 Å². The fraction of sp³-hybridized carbons (Fsp3) is 0.263. The molecule has 0 bridgehead atoms. The Labute approximate surface area is 181 Å². The van der Waals surface area contributed by atoms with Gasteiger partial charge >= 0.3 is 0 Å². The van der Waals surface area contributed by atoms with Crippen molar-refractivity contribution in [2.24, 2.45) is 10.7 Å². The largest absolute Gasteiger partial charge is 0.484 e. The van der Waals surface area contributed by atoms with Crippen molar-refractivity contribution in [3.05, 3.63) is 64.7 Å². The van der Waals surface area contributed by atoms with Crippen molar-refractivity contribution in [1.29, 1.82) is 0 Å². The molecule has 146 valence electrons. The van der Waals surface area contributed by atoms with E-state index in [4.69, 9.17) is 22.1 Å². The molecular weight excluding hydrogens is 479 g/mol. The summed E-state index contributed by atoms with van der Waals surface area (Å²) < 4.78 is 5.31. The molecule has 0 aliphatic heterocycles. The maximum Gasteiger partial charge on any atom is 0.255 e. The summed E-state index contributed by atoms with van der Waals surface area (Å²) in [5, 5.41) is 7.21. The van der Waals surface area contributed by atoms with Gasteiger partial charge in [-0.1, -0.05) is 35.9 Å². The first kappa shape index (κ1) is 23.0. The van der Waals surface area contributed by atoms with Gasteiger partial charge in [0, 0.05) is 18.1 Å². The van der Waals surface area contributed by atoms with Crippen molar-refractivity contribution in [1.82, 2.24) is 10.6 Å². The van der Waals surface area contributed by atoms with Crippen LogP contribution in [-0.4, -0.2) is 25.0 Å². The summed E-state index contributed by atoms with van der Waals surface area (Å²) in [5.41, 5.74) is 7.17. The van der Waals surface area contributed by atoms with Crippen LogP contribution in [0.5, 0.6) is 5.75 Å². The number of benzene rings is 2. The van der Waals surface area contributed by atoms with Gasteiger partial charge in [0.15, 0.2) is 12.6 Å². The fourth-order valence-electron chi connectivity index (χ4n) is 2.19. The van der Waals surface area contributed by atoms with Crippen molar-refractivity contribution < 1.29 is 9.53 Å². The molecule has 0 heterocycles. The Kier molecular flexibility index (Phi) is 10.6. The van der Waals surface area contributed by atoms with E-state index in [1.165, 1.54) is 0 Å². The van der Waals surface area contributed by atoms with Crippen LogP contribution < -0.4 is 21.1 Å². The van der Waals surface area contributed by atoms with Crippen LogP contribution in [0.4, 0.5) is 0 Å². The summed E-state index contributed by atoms with van der Waals surface area (Å²) in [6.45, 7) is 3.75. The van der Waals surface area contributed by atoms with Gasteiger partial charge in [-0.3, -0.25) is 4.79 Å². The fourth-order valence-corrected chi connectivity index (χ4v) is 2.31. The van der Waals surface area contributed by atoms with Crippen LogP contribution in [0.1, 0.15) is 18.1 Å². The Morgan fingerprint density at radius 3 is 2.56 bits per heavy atom. The Bertz CT molecular complexity index is 754. The van der Waals surface area contributed by atoms with Crippen LogP contribution in [-0.2, 0) is 17.9 Å². The van der Waals surface area contributed by atoms with Gasteiger partial charge in [-0.05, 0) is 42.3 Å². The number of aliphatic imine (C=N–C) groups is 1. The summed E-state index contributed by atoms with van der Waals surface area (Å²) >= 11 is 5.90. The first-order chi connectivity index (χ1) is 12.6. The van der Waals surface area contributed by atoms with Crippen LogP contribution in [0.2, 0.25) is 5.02 Å². The van der Waals surface area contributed by atoms with Crippen molar-refractivity contribution in [3.63, 3.8) is 0 Å². The second-order valence-corrected chi connectivity index (χ2v) is 6.01. The van der Waals surface area contributed by atoms with Gasteiger partial charge < -0.3 is 21.1 Å². The summed E-state index contributed by atoms with van der Waals surface area (Å²) in [4.78, 5) is 15.4. The highest BCUT2D eigenvalue weighted by Crippen LogP contribution is 2.14. The third kappa shape index (κ3) is 8.96. The number of primary amides is 1. The highest BCUT2D eigenvalue weighted by Gasteiger charge is 2.01. The Morgan fingerprint density at radius 1 is 1.15 bits per heavy atom. The minimum atomic E-state index is -0.505. The van der Waals surface area contributed by atoms with Crippen LogP contribution in [0.15, 0.2) is 53.5 Å². The smallest absolute Gasteiger partial charge is 0.255 e. The zero-order chi connectivity index (χ0) is 18.8. The molecule has 6 nitrogen and oxygen atoms in total. The number of rotatable bonds is 8. The Balaban J connectivity index is 0.00000364. The van der Waals surface area contributed by atoms with E-state index in [0.29, 0.717) is 29.8 Å². The second kappa shape index (κ2) is 12.4. The van der Waals surface area contributed by atoms with E-state index in [9.17, 15) is 4.79 Å². The average Bonchev–Trinajstić information content (AvgIpc) is 2.64. The maximum atomic E-state index is 10.8. The molecule has 0 saturated heterocycles. The molecule has 1 amide bonds. The van der Waals surface area contributed by atoms with Crippen molar-refractivity contribution in [3.8, 4) is 5.75 Å². The van der Waals surface area contributed by atoms with E-state index >= 15 is 0 Å². The molecule has 0 radical (unpaired) electrons. The van der Waals surface area contributed by atoms with Gasteiger partial charge in [-0.25, -0.2) is 4.99 Å². The minimum Gasteiger partial charge on any atom is -0.484 e. The van der Waals surface area contributed by atoms with E-state index in [2.05, 4.69) is 15.6 Å². The predicted molar refractivity (Wildman–Crippen MR) is 120 cm³/mol. The minimum absolute atomic E-state index is 0. The van der Waals surface area contributed by atoms with E-state index in [1.807, 2.05) is 49.4 Å². The lowest BCUT2D eigenvalue weighted by Gasteiger charge is -2.12. The molecule has 0 fully saturated rings. The zero-order valence-corrected chi connectivity index (χ0v) is 18.2. The van der Waals surface area contributed by atoms with E-state index < -0.39 is 5.91 Å². The number of amides is 1. The number of nitrogens with two attached hydrogens (primary N) is 1. The number of nitrogens with one attached hydrogen (secondary N) is 2. The molecule has 0 saturated carbocycles. The topological polar surface area (TPSA) is 88.7 Å². The number of guanidine groups is 1. The molecule has 2 rings (SSSR count). The van der Waals surface area contributed by atoms with Gasteiger partial charge in [0.25, 0.3) is 5.91 Å². The maximum absolute atomic E-state index is 10.8. The number of ether oxygens (including phenoxy) is 1. The van der Waals surface area contributed by atoms with Crippen LogP contribution in [0, 0.1) is 0 Å². The molecule has 0 unspecified atom stereocenters. The normalized spacial score (nSPS) is 10.7. The number of hydrogen-bond donors (Lipinski definition) is 3. The van der Waals surface area contributed by atoms with Gasteiger partial charge in [0.05, 0.1) is 6.54 Å². The standard InChI is InChI=1S/C19H23ClN4O2.HI/c1-2-22-19(23-11-14-6-8-16(20)9-7-14)24-12-15-4-3-5-17(10-15)26-13-18(21)25;/h3-10H,2,11-13H2,1H3,(H2,21,25)(H2,22,23,24);1H. The molecule has 27 heavy (non-hydrogen) atoms. The number of hydrogen-bond acceptors (Lipinski definition) is 3. The average molecular weight is 503 g/mol. The molecular formula is C19H24ClIN4O2. The molecule has 0 spiro atoms. The molecule has 0 aromatic heterocycles. The first-order valence-corrected chi connectivity index (χ1v) is 8.71. The quantitative estimate of drug-likeness (QED) is 0.294.